The topological polar surface area (TPSA) is 55.6 Å². The van der Waals surface area contributed by atoms with Crippen molar-refractivity contribution in [2.45, 2.75) is 54.1 Å². The van der Waals surface area contributed by atoms with Crippen molar-refractivity contribution < 1.29 is 0 Å². The molecule has 0 atom stereocenters. The van der Waals surface area contributed by atoms with Gasteiger partial charge in [0.1, 0.15) is 11.3 Å². The summed E-state index contributed by atoms with van der Waals surface area (Å²) in [7, 11) is 0. The van der Waals surface area contributed by atoms with E-state index in [4.69, 9.17) is 0 Å². The first-order valence-electron chi connectivity index (χ1n) is 8.55. The van der Waals surface area contributed by atoms with Gasteiger partial charge in [-0.05, 0) is 33.3 Å². The predicted octanol–water partition coefficient (Wildman–Crippen LogP) is 4.66. The van der Waals surface area contributed by atoms with Crippen LogP contribution in [0, 0.1) is 13.8 Å². The van der Waals surface area contributed by atoms with Crippen molar-refractivity contribution in [1.29, 1.82) is 0 Å². The summed E-state index contributed by atoms with van der Waals surface area (Å²) in [6.07, 6.45) is 1.83. The molecule has 2 heterocycles. The van der Waals surface area contributed by atoms with Crippen molar-refractivity contribution in [3.8, 4) is 0 Å². The molecule has 0 saturated carbocycles. The molecule has 3 aromatic rings. The first-order chi connectivity index (χ1) is 11.5. The average molecular weight is 325 g/mol. The molecule has 5 nitrogen and oxygen atoms in total. The minimum Gasteiger partial charge on any atom is -0.364 e. The van der Waals surface area contributed by atoms with Gasteiger partial charge in [-0.1, -0.05) is 43.7 Å². The summed E-state index contributed by atoms with van der Waals surface area (Å²) in [5.41, 5.74) is 4.19. The second-order valence-electron chi connectivity index (χ2n) is 5.88. The Labute approximate surface area is 144 Å². The Morgan fingerprint density at radius 2 is 1.71 bits per heavy atom. The first-order valence-corrected chi connectivity index (χ1v) is 8.55. The van der Waals surface area contributed by atoms with Crippen LogP contribution in [0.15, 0.2) is 30.6 Å². The monoisotopic (exact) mass is 325 g/mol. The van der Waals surface area contributed by atoms with Gasteiger partial charge in [0.05, 0.1) is 6.33 Å². The molecule has 0 aliphatic heterocycles. The molecule has 0 spiro atoms. The second-order valence-corrected chi connectivity index (χ2v) is 5.88. The van der Waals surface area contributed by atoms with Crippen LogP contribution in [-0.2, 0) is 6.54 Å². The molecule has 2 aromatic heterocycles. The largest absolute Gasteiger partial charge is 0.364 e. The number of hydrogen-bond donors (Lipinski definition) is 1. The molecule has 0 saturated heterocycles. The van der Waals surface area contributed by atoms with Crippen molar-refractivity contribution >= 4 is 17.0 Å². The summed E-state index contributed by atoms with van der Waals surface area (Å²) < 4.78 is 2.07. The fourth-order valence-electron chi connectivity index (χ4n) is 2.42. The maximum atomic E-state index is 4.53. The zero-order valence-electron chi connectivity index (χ0n) is 15.5. The summed E-state index contributed by atoms with van der Waals surface area (Å²) >= 11 is 0. The highest BCUT2D eigenvalue weighted by molar-refractivity contribution is 5.83. The normalized spacial score (nSPS) is 10.6. The molecule has 5 heteroatoms. The van der Waals surface area contributed by atoms with Crippen LogP contribution in [0.5, 0.6) is 0 Å². The van der Waals surface area contributed by atoms with E-state index in [9.17, 15) is 0 Å². The molecule has 0 aliphatic carbocycles. The molecular weight excluding hydrogens is 298 g/mol. The van der Waals surface area contributed by atoms with Gasteiger partial charge < -0.3 is 9.88 Å². The average Bonchev–Trinajstić information content (AvgIpc) is 3.00. The summed E-state index contributed by atoms with van der Waals surface area (Å²) in [6.45, 7) is 13.0. The number of aryl methyl sites for hydroxylation is 2. The number of fused-ring (bicyclic) bond motifs is 1. The lowest BCUT2D eigenvalue weighted by Gasteiger charge is -2.10. The third kappa shape index (κ3) is 3.91. The molecular formula is C19H27N5. The Bertz CT molecular complexity index is 787. The fraction of sp³-hybridized carbons (Fsp3) is 0.421. The van der Waals surface area contributed by atoms with E-state index >= 15 is 0 Å². The maximum absolute atomic E-state index is 4.53. The Kier molecular flexibility index (Phi) is 5.90. The Balaban J connectivity index is 0.00000100. The van der Waals surface area contributed by atoms with Crippen molar-refractivity contribution in [2.75, 3.05) is 5.32 Å². The van der Waals surface area contributed by atoms with Crippen molar-refractivity contribution in [2.24, 2.45) is 0 Å². The van der Waals surface area contributed by atoms with Gasteiger partial charge in [0.15, 0.2) is 11.5 Å². The SMILES string of the molecule is CC.Cc1ccc(CNc2nc(C)nc3c2ncn3C(C)C)cc1. The second kappa shape index (κ2) is 7.90. The van der Waals surface area contributed by atoms with E-state index in [0.717, 1.165) is 29.4 Å². The zero-order valence-corrected chi connectivity index (χ0v) is 15.5. The number of nitrogens with zero attached hydrogens (tertiary/aromatic N) is 4. The van der Waals surface area contributed by atoms with E-state index < -0.39 is 0 Å². The standard InChI is InChI=1S/C17H21N5.C2H6/c1-11(2)22-10-19-15-16(20-13(4)21-17(15)22)18-9-14-7-5-12(3)6-8-14;1-2/h5-8,10-11H,9H2,1-4H3,(H,18,20,21);1-2H3. The molecule has 24 heavy (non-hydrogen) atoms. The molecule has 128 valence electrons. The molecule has 0 bridgehead atoms. The van der Waals surface area contributed by atoms with Crippen LogP contribution >= 0.6 is 0 Å². The quantitative estimate of drug-likeness (QED) is 0.758. The van der Waals surface area contributed by atoms with Crippen molar-refractivity contribution in [3.63, 3.8) is 0 Å². The van der Waals surface area contributed by atoms with E-state index in [-0.39, 0.29) is 0 Å². The van der Waals surface area contributed by atoms with Gasteiger partial charge in [0.2, 0.25) is 0 Å². The van der Waals surface area contributed by atoms with Crippen molar-refractivity contribution in [1.82, 2.24) is 19.5 Å². The smallest absolute Gasteiger partial charge is 0.165 e. The number of benzene rings is 1. The maximum Gasteiger partial charge on any atom is 0.165 e. The van der Waals surface area contributed by atoms with Gasteiger partial charge in [0.25, 0.3) is 0 Å². The van der Waals surface area contributed by atoms with Crippen LogP contribution in [0.1, 0.15) is 50.7 Å². The lowest BCUT2D eigenvalue weighted by atomic mass is 10.1. The molecule has 0 aliphatic rings. The summed E-state index contributed by atoms with van der Waals surface area (Å²) in [5.74, 6) is 1.55. The molecule has 0 unspecified atom stereocenters. The van der Waals surface area contributed by atoms with Crippen LogP contribution in [0.4, 0.5) is 5.82 Å². The number of imidazole rings is 1. The third-order valence-electron chi connectivity index (χ3n) is 3.67. The molecule has 1 aromatic carbocycles. The fourth-order valence-corrected chi connectivity index (χ4v) is 2.42. The minimum absolute atomic E-state index is 0.323. The van der Waals surface area contributed by atoms with Crippen molar-refractivity contribution in [3.05, 3.63) is 47.5 Å². The number of aromatic nitrogens is 4. The van der Waals surface area contributed by atoms with Gasteiger partial charge in [-0.15, -0.1) is 0 Å². The molecule has 0 amide bonds. The minimum atomic E-state index is 0.323. The van der Waals surface area contributed by atoms with Gasteiger partial charge in [-0.3, -0.25) is 0 Å². The predicted molar refractivity (Wildman–Crippen MR) is 100 cm³/mol. The van der Waals surface area contributed by atoms with E-state index in [0.29, 0.717) is 6.04 Å². The number of rotatable bonds is 4. The lowest BCUT2D eigenvalue weighted by molar-refractivity contribution is 0.612. The highest BCUT2D eigenvalue weighted by Crippen LogP contribution is 2.22. The van der Waals surface area contributed by atoms with Gasteiger partial charge >= 0.3 is 0 Å². The molecule has 3 rings (SSSR count). The van der Waals surface area contributed by atoms with Crippen LogP contribution in [0.3, 0.4) is 0 Å². The Morgan fingerprint density at radius 1 is 1.04 bits per heavy atom. The van der Waals surface area contributed by atoms with E-state index in [1.165, 1.54) is 11.1 Å². The number of nitrogens with one attached hydrogen (secondary N) is 1. The van der Waals surface area contributed by atoms with Crippen LogP contribution in [0.25, 0.3) is 11.2 Å². The van der Waals surface area contributed by atoms with E-state index in [2.05, 4.69) is 69.9 Å². The molecule has 0 radical (unpaired) electrons. The first kappa shape index (κ1) is 17.9. The highest BCUT2D eigenvalue weighted by Gasteiger charge is 2.13. The van der Waals surface area contributed by atoms with E-state index in [1.807, 2.05) is 27.1 Å². The summed E-state index contributed by atoms with van der Waals surface area (Å²) in [5, 5.41) is 3.39. The Hall–Kier alpha value is -2.43. The third-order valence-corrected chi connectivity index (χ3v) is 3.67. The number of anilines is 1. The zero-order chi connectivity index (χ0) is 17.7. The van der Waals surface area contributed by atoms with Crippen LogP contribution in [-0.4, -0.2) is 19.5 Å². The van der Waals surface area contributed by atoms with Gasteiger partial charge in [-0.25, -0.2) is 15.0 Å². The summed E-state index contributed by atoms with van der Waals surface area (Å²) in [4.78, 5) is 13.5. The number of hydrogen-bond acceptors (Lipinski definition) is 4. The van der Waals surface area contributed by atoms with Gasteiger partial charge in [0, 0.05) is 12.6 Å². The molecule has 0 fully saturated rings. The van der Waals surface area contributed by atoms with Crippen LogP contribution < -0.4 is 5.32 Å². The van der Waals surface area contributed by atoms with E-state index in [1.54, 1.807) is 0 Å². The highest BCUT2D eigenvalue weighted by atomic mass is 15.2. The van der Waals surface area contributed by atoms with Gasteiger partial charge in [-0.2, -0.15) is 0 Å². The Morgan fingerprint density at radius 3 is 2.33 bits per heavy atom. The van der Waals surface area contributed by atoms with Crippen LogP contribution in [0.2, 0.25) is 0 Å². The molecule has 1 N–H and O–H groups in total. The lowest BCUT2D eigenvalue weighted by Crippen LogP contribution is -2.06. The summed E-state index contributed by atoms with van der Waals surface area (Å²) in [6, 6.07) is 8.81.